The van der Waals surface area contributed by atoms with Gasteiger partial charge in [0.1, 0.15) is 15.9 Å². The molecule has 1 heterocycles. The van der Waals surface area contributed by atoms with Crippen molar-refractivity contribution in [1.29, 1.82) is 0 Å². The molecule has 1 aromatic heterocycles. The van der Waals surface area contributed by atoms with Crippen LogP contribution in [0.2, 0.25) is 0 Å². The number of nitrogens with one attached hydrogen (secondary N) is 1. The van der Waals surface area contributed by atoms with E-state index in [2.05, 4.69) is 14.4 Å². The number of carbonyl (C=O) groups is 1. The van der Waals surface area contributed by atoms with Gasteiger partial charge in [-0.15, -0.1) is 11.3 Å². The molecule has 0 atom stereocenters. The summed E-state index contributed by atoms with van der Waals surface area (Å²) in [5.41, 5.74) is 2.25. The van der Waals surface area contributed by atoms with Gasteiger partial charge in [0.15, 0.2) is 0 Å². The lowest BCUT2D eigenvalue weighted by molar-refractivity contribution is 0.0601. The van der Waals surface area contributed by atoms with Gasteiger partial charge < -0.3 is 9.46 Å². The van der Waals surface area contributed by atoms with Crippen LogP contribution in [0, 0.1) is 12.7 Å². The lowest BCUT2D eigenvalue weighted by Gasteiger charge is -2.05. The van der Waals surface area contributed by atoms with Crippen LogP contribution in [-0.4, -0.2) is 18.1 Å². The average molecular weight is 374 g/mol. The Kier molecular flexibility index (Phi) is 5.35. The maximum Gasteiger partial charge on any atom is 0.337 e. The quantitative estimate of drug-likeness (QED) is 0.494. The number of aromatic nitrogens is 1. The fourth-order valence-corrected chi connectivity index (χ4v) is 3.85. The van der Waals surface area contributed by atoms with E-state index in [1.165, 1.54) is 31.2 Å². The summed E-state index contributed by atoms with van der Waals surface area (Å²) >= 11 is 2.96. The number of hydrogen-bond acceptors (Lipinski definition) is 6. The molecule has 3 aromatic rings. The monoisotopic (exact) mass is 374 g/mol. The number of rotatable bonds is 5. The molecule has 0 saturated heterocycles. The van der Waals surface area contributed by atoms with E-state index in [1.807, 2.05) is 19.1 Å². The smallest absolute Gasteiger partial charge is 0.337 e. The summed E-state index contributed by atoms with van der Waals surface area (Å²) in [6.45, 7) is 2.00. The molecule has 0 aliphatic carbocycles. The predicted octanol–water partition coefficient (Wildman–Crippen LogP) is 5.16. The molecule has 0 aliphatic rings. The second-order valence-electron chi connectivity index (χ2n) is 5.16. The second kappa shape index (κ2) is 7.67. The molecule has 4 nitrogen and oxygen atoms in total. The Morgan fingerprint density at radius 3 is 2.48 bits per heavy atom. The first-order valence-corrected chi connectivity index (χ1v) is 9.04. The number of benzene rings is 2. The van der Waals surface area contributed by atoms with Gasteiger partial charge in [0.25, 0.3) is 0 Å². The summed E-state index contributed by atoms with van der Waals surface area (Å²) in [7, 11) is 1.36. The van der Waals surface area contributed by atoms with E-state index in [1.54, 1.807) is 35.6 Å². The minimum Gasteiger partial charge on any atom is -0.465 e. The third-order valence-electron chi connectivity index (χ3n) is 3.42. The maximum atomic E-state index is 13.0. The molecule has 0 fully saturated rings. The van der Waals surface area contributed by atoms with Crippen LogP contribution in [0.25, 0.3) is 10.6 Å². The molecule has 0 amide bonds. The number of methoxy groups -OCH3 is 1. The third-order valence-corrected chi connectivity index (χ3v) is 5.49. The predicted molar refractivity (Wildman–Crippen MR) is 99.5 cm³/mol. The standard InChI is InChI=1S/C18H15FN2O2S2/c1-11-16(20-17(24-11)12-3-7-14(19)8-4-12)25-21-15-9-5-13(6-10-15)18(22)23-2/h3-10,21H,1-2H3. The van der Waals surface area contributed by atoms with E-state index in [9.17, 15) is 9.18 Å². The van der Waals surface area contributed by atoms with Gasteiger partial charge in [-0.1, -0.05) is 0 Å². The molecular formula is C18H15FN2O2S2. The van der Waals surface area contributed by atoms with Gasteiger partial charge in [0.2, 0.25) is 0 Å². The van der Waals surface area contributed by atoms with Crippen molar-refractivity contribution >= 4 is 34.9 Å². The summed E-state index contributed by atoms with van der Waals surface area (Å²) in [6, 6.07) is 13.3. The number of carbonyl (C=O) groups excluding carboxylic acids is 1. The van der Waals surface area contributed by atoms with E-state index in [0.29, 0.717) is 5.56 Å². The zero-order chi connectivity index (χ0) is 17.8. The summed E-state index contributed by atoms with van der Waals surface area (Å²) in [5, 5.41) is 1.71. The molecule has 1 N–H and O–H groups in total. The summed E-state index contributed by atoms with van der Waals surface area (Å²) in [4.78, 5) is 17.1. The van der Waals surface area contributed by atoms with Crippen molar-refractivity contribution in [1.82, 2.24) is 4.98 Å². The Balaban J connectivity index is 1.69. The van der Waals surface area contributed by atoms with E-state index < -0.39 is 0 Å². The number of hydrogen-bond donors (Lipinski definition) is 1. The fraction of sp³-hybridized carbons (Fsp3) is 0.111. The highest BCUT2D eigenvalue weighted by molar-refractivity contribution is 8.00. The largest absolute Gasteiger partial charge is 0.465 e. The van der Waals surface area contributed by atoms with Gasteiger partial charge >= 0.3 is 5.97 Å². The number of ether oxygens (including phenoxy) is 1. The lowest BCUT2D eigenvalue weighted by Crippen LogP contribution is -2.00. The average Bonchev–Trinajstić information content (AvgIpc) is 3.01. The molecular weight excluding hydrogens is 359 g/mol. The van der Waals surface area contributed by atoms with Crippen LogP contribution < -0.4 is 4.72 Å². The van der Waals surface area contributed by atoms with Crippen molar-refractivity contribution < 1.29 is 13.9 Å². The van der Waals surface area contributed by atoms with E-state index in [0.717, 1.165) is 26.2 Å². The first-order chi connectivity index (χ1) is 12.1. The number of thiazole rings is 1. The summed E-state index contributed by atoms with van der Waals surface area (Å²) in [6.07, 6.45) is 0. The second-order valence-corrected chi connectivity index (χ2v) is 7.16. The van der Waals surface area contributed by atoms with Crippen molar-refractivity contribution in [2.45, 2.75) is 11.9 Å². The van der Waals surface area contributed by atoms with Crippen molar-refractivity contribution in [3.8, 4) is 10.6 Å². The molecule has 3 rings (SSSR count). The van der Waals surface area contributed by atoms with Gasteiger partial charge in [-0.05, 0) is 55.5 Å². The van der Waals surface area contributed by atoms with Crippen molar-refractivity contribution in [3.05, 3.63) is 64.8 Å². The van der Waals surface area contributed by atoms with Gasteiger partial charge in [-0.2, -0.15) is 0 Å². The van der Waals surface area contributed by atoms with Crippen LogP contribution in [0.1, 0.15) is 15.2 Å². The van der Waals surface area contributed by atoms with Crippen LogP contribution in [0.5, 0.6) is 0 Å². The lowest BCUT2D eigenvalue weighted by atomic mass is 10.2. The molecule has 0 radical (unpaired) electrons. The van der Waals surface area contributed by atoms with Gasteiger partial charge in [-0.3, -0.25) is 0 Å². The molecule has 25 heavy (non-hydrogen) atoms. The first-order valence-electron chi connectivity index (χ1n) is 7.41. The van der Waals surface area contributed by atoms with Crippen LogP contribution in [0.15, 0.2) is 53.6 Å². The van der Waals surface area contributed by atoms with E-state index in [-0.39, 0.29) is 11.8 Å². The van der Waals surface area contributed by atoms with Crippen molar-refractivity contribution in [2.75, 3.05) is 11.8 Å². The minimum absolute atomic E-state index is 0.260. The number of esters is 1. The molecule has 0 aliphatic heterocycles. The van der Waals surface area contributed by atoms with E-state index >= 15 is 0 Å². The zero-order valence-corrected chi connectivity index (χ0v) is 15.2. The van der Waals surface area contributed by atoms with Crippen LogP contribution in [-0.2, 0) is 4.74 Å². The van der Waals surface area contributed by atoms with Crippen LogP contribution >= 0.6 is 23.3 Å². The highest BCUT2D eigenvalue weighted by Gasteiger charge is 2.11. The van der Waals surface area contributed by atoms with Crippen LogP contribution in [0.4, 0.5) is 10.1 Å². The van der Waals surface area contributed by atoms with Gasteiger partial charge in [-0.25, -0.2) is 14.2 Å². The topological polar surface area (TPSA) is 51.2 Å². The van der Waals surface area contributed by atoms with Gasteiger partial charge in [0.05, 0.1) is 12.7 Å². The molecule has 0 bridgehead atoms. The Bertz CT molecular complexity index is 877. The molecule has 2 aromatic carbocycles. The minimum atomic E-state index is -0.363. The number of anilines is 1. The summed E-state index contributed by atoms with van der Waals surface area (Å²) in [5.74, 6) is -0.623. The SMILES string of the molecule is COC(=O)c1ccc(NSc2nc(-c3ccc(F)cc3)sc2C)cc1. The molecule has 7 heteroatoms. The fourth-order valence-electron chi connectivity index (χ4n) is 2.09. The highest BCUT2D eigenvalue weighted by Crippen LogP contribution is 2.33. The maximum absolute atomic E-state index is 13.0. The van der Waals surface area contributed by atoms with Crippen LogP contribution in [0.3, 0.4) is 0 Å². The Morgan fingerprint density at radius 2 is 1.84 bits per heavy atom. The number of nitrogens with zero attached hydrogens (tertiary/aromatic N) is 1. The van der Waals surface area contributed by atoms with E-state index in [4.69, 9.17) is 0 Å². The number of halogens is 1. The highest BCUT2D eigenvalue weighted by atomic mass is 32.2. The Labute approximate surface area is 153 Å². The molecule has 0 unspecified atom stereocenters. The third kappa shape index (κ3) is 4.18. The molecule has 0 spiro atoms. The Morgan fingerprint density at radius 1 is 1.16 bits per heavy atom. The van der Waals surface area contributed by atoms with Crippen molar-refractivity contribution in [3.63, 3.8) is 0 Å². The first kappa shape index (κ1) is 17.4. The normalized spacial score (nSPS) is 10.5. The molecule has 0 saturated carbocycles. The van der Waals surface area contributed by atoms with Gasteiger partial charge in [0, 0.05) is 28.1 Å². The molecule has 128 valence electrons. The number of aryl methyl sites for hydroxylation is 1. The summed E-state index contributed by atoms with van der Waals surface area (Å²) < 4.78 is 20.9. The van der Waals surface area contributed by atoms with Crippen molar-refractivity contribution in [2.24, 2.45) is 0 Å². The zero-order valence-electron chi connectivity index (χ0n) is 13.6. The Hall–Kier alpha value is -2.38.